The molecule has 1 N–H and O–H groups in total. The Labute approximate surface area is 205 Å². The number of halogens is 1. The number of fused-ring (bicyclic) bond motifs is 1. The predicted octanol–water partition coefficient (Wildman–Crippen LogP) is 4.77. The number of nitrogens with one attached hydrogen (secondary N) is 1. The molecule has 0 saturated carbocycles. The molecule has 34 heavy (non-hydrogen) atoms. The number of rotatable bonds is 9. The van der Waals surface area contributed by atoms with Crippen molar-refractivity contribution in [2.75, 3.05) is 31.8 Å². The van der Waals surface area contributed by atoms with Crippen molar-refractivity contribution in [1.82, 2.24) is 24.6 Å². The van der Waals surface area contributed by atoms with Gasteiger partial charge in [0.2, 0.25) is 5.91 Å². The number of amides is 1. The van der Waals surface area contributed by atoms with E-state index in [-0.39, 0.29) is 23.5 Å². The van der Waals surface area contributed by atoms with E-state index in [1.807, 2.05) is 55.6 Å². The normalized spacial score (nSPS) is 12.3. The molecule has 0 aliphatic heterocycles. The fraction of sp³-hybridized carbons (Fsp3) is 0.304. The molecule has 4 aromatic rings. The minimum Gasteiger partial charge on any atom is -0.494 e. The van der Waals surface area contributed by atoms with Crippen LogP contribution in [-0.2, 0) is 4.79 Å². The van der Waals surface area contributed by atoms with Crippen molar-refractivity contribution in [3.05, 3.63) is 54.1 Å². The van der Waals surface area contributed by atoms with Crippen LogP contribution in [0.15, 0.2) is 47.6 Å². The third-order valence-corrected chi connectivity index (χ3v) is 7.00. The SMILES string of the molecule is CCOc1ccc2nc(NC(=O)CSc3nnc([C@H](C)N(C)C)n3-c3ccc(F)cc3)sc2c1. The van der Waals surface area contributed by atoms with Crippen molar-refractivity contribution in [3.63, 3.8) is 0 Å². The zero-order valence-corrected chi connectivity index (χ0v) is 20.9. The molecule has 2 aromatic carbocycles. The number of carbonyl (C=O) groups excluding carboxylic acids is 1. The van der Waals surface area contributed by atoms with Crippen LogP contribution in [-0.4, -0.2) is 57.0 Å². The quantitative estimate of drug-likeness (QED) is 0.332. The molecule has 0 unspecified atom stereocenters. The summed E-state index contributed by atoms with van der Waals surface area (Å²) in [6.07, 6.45) is 0. The first kappa shape index (κ1) is 24.1. The Morgan fingerprint density at radius 3 is 2.71 bits per heavy atom. The van der Waals surface area contributed by atoms with E-state index >= 15 is 0 Å². The third kappa shape index (κ3) is 5.37. The van der Waals surface area contributed by atoms with Crippen molar-refractivity contribution in [3.8, 4) is 11.4 Å². The second kappa shape index (κ2) is 10.5. The van der Waals surface area contributed by atoms with E-state index in [9.17, 15) is 9.18 Å². The highest BCUT2D eigenvalue weighted by atomic mass is 32.2. The van der Waals surface area contributed by atoms with Gasteiger partial charge in [-0.3, -0.25) is 14.3 Å². The number of ether oxygens (including phenoxy) is 1. The smallest absolute Gasteiger partial charge is 0.236 e. The molecular weight excluding hydrogens is 475 g/mol. The fourth-order valence-corrected chi connectivity index (χ4v) is 4.88. The van der Waals surface area contributed by atoms with Crippen LogP contribution < -0.4 is 10.1 Å². The molecule has 2 aromatic heterocycles. The van der Waals surface area contributed by atoms with Gasteiger partial charge >= 0.3 is 0 Å². The molecule has 11 heteroatoms. The Balaban J connectivity index is 1.50. The molecule has 1 amide bonds. The summed E-state index contributed by atoms with van der Waals surface area (Å²) < 4.78 is 21.8. The van der Waals surface area contributed by atoms with Crippen molar-refractivity contribution >= 4 is 44.4 Å². The van der Waals surface area contributed by atoms with Gasteiger partial charge in [-0.2, -0.15) is 0 Å². The molecule has 178 valence electrons. The average molecular weight is 501 g/mol. The van der Waals surface area contributed by atoms with Crippen LogP contribution in [0.25, 0.3) is 15.9 Å². The molecule has 0 aliphatic carbocycles. The first-order valence-corrected chi connectivity index (χ1v) is 12.5. The van der Waals surface area contributed by atoms with E-state index in [1.165, 1.54) is 35.2 Å². The van der Waals surface area contributed by atoms with Gasteiger partial charge in [-0.15, -0.1) is 10.2 Å². The number of aromatic nitrogens is 4. The van der Waals surface area contributed by atoms with Crippen LogP contribution in [0.2, 0.25) is 0 Å². The lowest BCUT2D eigenvalue weighted by molar-refractivity contribution is -0.113. The maximum absolute atomic E-state index is 13.5. The van der Waals surface area contributed by atoms with Gasteiger partial charge in [0.15, 0.2) is 16.1 Å². The Kier molecular flexibility index (Phi) is 7.44. The molecule has 0 saturated heterocycles. The maximum atomic E-state index is 13.5. The Morgan fingerprint density at radius 1 is 1.24 bits per heavy atom. The van der Waals surface area contributed by atoms with E-state index < -0.39 is 0 Å². The summed E-state index contributed by atoms with van der Waals surface area (Å²) in [5.41, 5.74) is 1.53. The van der Waals surface area contributed by atoms with Crippen LogP contribution in [0.4, 0.5) is 9.52 Å². The van der Waals surface area contributed by atoms with Crippen molar-refractivity contribution in [2.45, 2.75) is 25.0 Å². The van der Waals surface area contributed by atoms with E-state index in [1.54, 1.807) is 12.1 Å². The highest BCUT2D eigenvalue weighted by molar-refractivity contribution is 7.99. The highest BCUT2D eigenvalue weighted by Crippen LogP contribution is 2.30. The number of hydrogen-bond donors (Lipinski definition) is 1. The second-order valence-corrected chi connectivity index (χ2v) is 9.68. The lowest BCUT2D eigenvalue weighted by Gasteiger charge is -2.20. The molecule has 0 aliphatic rings. The van der Waals surface area contributed by atoms with Gasteiger partial charge < -0.3 is 10.1 Å². The van der Waals surface area contributed by atoms with E-state index in [0.29, 0.717) is 22.7 Å². The lowest BCUT2D eigenvalue weighted by atomic mass is 10.2. The summed E-state index contributed by atoms with van der Waals surface area (Å²) in [7, 11) is 3.90. The van der Waals surface area contributed by atoms with Gasteiger partial charge in [0.1, 0.15) is 11.6 Å². The van der Waals surface area contributed by atoms with Crippen LogP contribution >= 0.6 is 23.1 Å². The molecule has 0 bridgehead atoms. The predicted molar refractivity (Wildman–Crippen MR) is 134 cm³/mol. The maximum Gasteiger partial charge on any atom is 0.236 e. The number of nitrogens with zero attached hydrogens (tertiary/aromatic N) is 5. The van der Waals surface area contributed by atoms with Crippen molar-refractivity contribution in [1.29, 1.82) is 0 Å². The summed E-state index contributed by atoms with van der Waals surface area (Å²) in [5.74, 6) is 1.07. The topological polar surface area (TPSA) is 85.2 Å². The third-order valence-electron chi connectivity index (χ3n) is 5.14. The molecule has 1 atom stereocenters. The molecule has 2 heterocycles. The summed E-state index contributed by atoms with van der Waals surface area (Å²) in [4.78, 5) is 19.2. The fourth-order valence-electron chi connectivity index (χ4n) is 3.21. The van der Waals surface area contributed by atoms with Gasteiger partial charge in [-0.25, -0.2) is 9.37 Å². The standard InChI is InChI=1S/C23H25FN6O2S2/c1-5-32-17-10-11-18-19(12-17)34-22(25-18)26-20(31)13-33-23-28-27-21(14(2)29(3)4)30(23)16-8-6-15(24)7-9-16/h6-12,14H,5,13H2,1-4H3,(H,25,26,31)/t14-/m0/s1. The number of hydrogen-bond acceptors (Lipinski definition) is 8. The van der Waals surface area contributed by atoms with Crippen LogP contribution in [0.3, 0.4) is 0 Å². The Hall–Kier alpha value is -3.02. The lowest BCUT2D eigenvalue weighted by Crippen LogP contribution is -2.21. The van der Waals surface area contributed by atoms with Crippen molar-refractivity contribution < 1.29 is 13.9 Å². The molecule has 0 spiro atoms. The zero-order valence-electron chi connectivity index (χ0n) is 19.3. The average Bonchev–Trinajstić information content (AvgIpc) is 3.41. The summed E-state index contributed by atoms with van der Waals surface area (Å²) in [6.45, 7) is 4.53. The van der Waals surface area contributed by atoms with Gasteiger partial charge in [-0.1, -0.05) is 23.1 Å². The van der Waals surface area contributed by atoms with Gasteiger partial charge in [-0.05, 0) is 70.4 Å². The van der Waals surface area contributed by atoms with E-state index in [0.717, 1.165) is 21.7 Å². The number of thioether (sulfide) groups is 1. The summed E-state index contributed by atoms with van der Waals surface area (Å²) >= 11 is 2.65. The first-order chi connectivity index (χ1) is 16.4. The van der Waals surface area contributed by atoms with Gasteiger partial charge in [0.25, 0.3) is 0 Å². The van der Waals surface area contributed by atoms with Crippen molar-refractivity contribution in [2.24, 2.45) is 0 Å². The second-order valence-electron chi connectivity index (χ2n) is 7.71. The number of carbonyl (C=O) groups is 1. The molecule has 0 radical (unpaired) electrons. The monoisotopic (exact) mass is 500 g/mol. The van der Waals surface area contributed by atoms with Gasteiger partial charge in [0, 0.05) is 5.69 Å². The Morgan fingerprint density at radius 2 is 2.00 bits per heavy atom. The molecule has 0 fully saturated rings. The summed E-state index contributed by atoms with van der Waals surface area (Å²) in [6, 6.07) is 11.7. The molecule has 8 nitrogen and oxygen atoms in total. The van der Waals surface area contributed by atoms with E-state index in [4.69, 9.17) is 4.74 Å². The minimum absolute atomic E-state index is 0.0370. The van der Waals surface area contributed by atoms with Crippen LogP contribution in [0, 0.1) is 5.82 Å². The minimum atomic E-state index is -0.322. The number of benzene rings is 2. The zero-order chi connectivity index (χ0) is 24.2. The van der Waals surface area contributed by atoms with Crippen LogP contribution in [0.1, 0.15) is 25.7 Å². The summed E-state index contributed by atoms with van der Waals surface area (Å²) in [5, 5.41) is 12.6. The van der Waals surface area contributed by atoms with E-state index in [2.05, 4.69) is 20.5 Å². The van der Waals surface area contributed by atoms with Crippen LogP contribution in [0.5, 0.6) is 5.75 Å². The number of anilines is 1. The first-order valence-electron chi connectivity index (χ1n) is 10.7. The highest BCUT2D eigenvalue weighted by Gasteiger charge is 2.22. The number of thiazole rings is 1. The molecule has 4 rings (SSSR count). The van der Waals surface area contributed by atoms with Gasteiger partial charge in [0.05, 0.1) is 28.6 Å². The largest absolute Gasteiger partial charge is 0.494 e. The molecular formula is C23H25FN6O2S2. The Bertz CT molecular complexity index is 1290.